The number of pyridine rings is 1. The van der Waals surface area contributed by atoms with Crippen LogP contribution in [0.15, 0.2) is 24.3 Å². The van der Waals surface area contributed by atoms with Gasteiger partial charge in [-0.2, -0.15) is 0 Å². The highest BCUT2D eigenvalue weighted by Gasteiger charge is 2.30. The molecule has 192 valence electrons. The number of carbonyl (C=O) groups is 1. The lowest BCUT2D eigenvalue weighted by Gasteiger charge is -2.37. The van der Waals surface area contributed by atoms with Crippen LogP contribution in [-0.2, 0) is 4.74 Å². The maximum Gasteiger partial charge on any atom is 0.273 e. The Morgan fingerprint density at radius 2 is 1.83 bits per heavy atom. The van der Waals surface area contributed by atoms with Gasteiger partial charge in [-0.05, 0) is 70.7 Å². The number of rotatable bonds is 10. The minimum atomic E-state index is -0.0486. The SMILES string of the molecule is COCCOc1cc(C(=O)N(C(C)C)C2CCNCC2)nc2c(OCC3CCCCC3)cccc12. The number of fused-ring (bicyclic) bond motifs is 1. The Balaban J connectivity index is 1.67. The van der Waals surface area contributed by atoms with Gasteiger partial charge in [-0.15, -0.1) is 0 Å². The number of nitrogens with zero attached hydrogens (tertiary/aromatic N) is 2. The van der Waals surface area contributed by atoms with Crippen LogP contribution < -0.4 is 14.8 Å². The standard InChI is InChI=1S/C28H41N3O4/c1-20(2)31(22-12-14-29-15-13-22)28(32)24-18-26(34-17-16-33-3)23-10-7-11-25(27(23)30-24)35-19-21-8-5-4-6-9-21/h7,10-11,18,20-22,29H,4-6,8-9,12-17,19H2,1-3H3. The minimum absolute atomic E-state index is 0.0486. The van der Waals surface area contributed by atoms with Crippen molar-refractivity contribution < 1.29 is 19.0 Å². The Kier molecular flexibility index (Phi) is 9.21. The predicted molar refractivity (Wildman–Crippen MR) is 138 cm³/mol. The zero-order chi connectivity index (χ0) is 24.6. The van der Waals surface area contributed by atoms with Gasteiger partial charge in [0.15, 0.2) is 0 Å². The summed E-state index contributed by atoms with van der Waals surface area (Å²) < 4.78 is 17.6. The van der Waals surface area contributed by atoms with E-state index in [0.29, 0.717) is 42.7 Å². The van der Waals surface area contributed by atoms with Crippen molar-refractivity contribution in [1.82, 2.24) is 15.2 Å². The molecule has 1 N–H and O–H groups in total. The van der Waals surface area contributed by atoms with Crippen LogP contribution in [0.1, 0.15) is 69.3 Å². The monoisotopic (exact) mass is 483 g/mol. The molecule has 0 radical (unpaired) electrons. The number of ether oxygens (including phenoxy) is 3. The van der Waals surface area contributed by atoms with E-state index in [1.165, 1.54) is 32.1 Å². The molecule has 1 aromatic heterocycles. The highest BCUT2D eigenvalue weighted by atomic mass is 16.5. The van der Waals surface area contributed by atoms with Gasteiger partial charge in [0, 0.05) is 30.6 Å². The molecule has 0 atom stereocenters. The number of hydrogen-bond donors (Lipinski definition) is 1. The highest BCUT2D eigenvalue weighted by Crippen LogP contribution is 2.34. The Morgan fingerprint density at radius 1 is 1.06 bits per heavy atom. The van der Waals surface area contributed by atoms with Crippen LogP contribution in [0.4, 0.5) is 0 Å². The number of aromatic nitrogens is 1. The van der Waals surface area contributed by atoms with E-state index >= 15 is 0 Å². The molecule has 7 nitrogen and oxygen atoms in total. The molecule has 0 unspecified atom stereocenters. The third-order valence-corrected chi connectivity index (χ3v) is 7.22. The fraction of sp³-hybridized carbons (Fsp3) is 0.643. The predicted octanol–water partition coefficient (Wildman–Crippen LogP) is 4.82. The Bertz CT molecular complexity index is 968. The molecule has 35 heavy (non-hydrogen) atoms. The number of nitrogens with one attached hydrogen (secondary N) is 1. The number of piperidine rings is 1. The molecule has 2 aliphatic rings. The van der Waals surface area contributed by atoms with E-state index in [2.05, 4.69) is 19.2 Å². The second-order valence-corrected chi connectivity index (χ2v) is 10.1. The number of benzene rings is 1. The lowest BCUT2D eigenvalue weighted by atomic mass is 9.90. The van der Waals surface area contributed by atoms with Crippen molar-refractivity contribution in [2.75, 3.05) is 40.0 Å². The third kappa shape index (κ3) is 6.44. The summed E-state index contributed by atoms with van der Waals surface area (Å²) in [6.45, 7) is 7.57. The molecular formula is C28H41N3O4. The smallest absolute Gasteiger partial charge is 0.273 e. The molecule has 1 aromatic carbocycles. The summed E-state index contributed by atoms with van der Waals surface area (Å²) in [5.74, 6) is 1.90. The molecule has 1 aliphatic carbocycles. The first-order valence-corrected chi connectivity index (χ1v) is 13.3. The van der Waals surface area contributed by atoms with Gasteiger partial charge in [-0.25, -0.2) is 4.98 Å². The van der Waals surface area contributed by atoms with Crippen molar-refractivity contribution in [2.24, 2.45) is 5.92 Å². The Morgan fingerprint density at radius 3 is 2.54 bits per heavy atom. The average Bonchev–Trinajstić information content (AvgIpc) is 2.88. The lowest BCUT2D eigenvalue weighted by Crippen LogP contribution is -2.49. The molecule has 0 spiro atoms. The molecule has 1 amide bonds. The number of carbonyl (C=O) groups excluding carboxylic acids is 1. The summed E-state index contributed by atoms with van der Waals surface area (Å²) >= 11 is 0. The van der Waals surface area contributed by atoms with Crippen molar-refractivity contribution in [3.8, 4) is 11.5 Å². The van der Waals surface area contributed by atoms with Crippen molar-refractivity contribution in [1.29, 1.82) is 0 Å². The summed E-state index contributed by atoms with van der Waals surface area (Å²) in [7, 11) is 1.65. The summed E-state index contributed by atoms with van der Waals surface area (Å²) in [6, 6.07) is 8.00. The zero-order valence-corrected chi connectivity index (χ0v) is 21.6. The molecule has 1 saturated carbocycles. The largest absolute Gasteiger partial charge is 0.491 e. The van der Waals surface area contributed by atoms with Gasteiger partial charge in [0.05, 0.1) is 13.2 Å². The van der Waals surface area contributed by atoms with E-state index in [9.17, 15) is 4.79 Å². The molecule has 4 rings (SSSR count). The molecule has 0 bridgehead atoms. The van der Waals surface area contributed by atoms with Gasteiger partial charge in [-0.3, -0.25) is 4.79 Å². The molecular weight excluding hydrogens is 442 g/mol. The number of para-hydroxylation sites is 1. The normalized spacial score (nSPS) is 17.6. The Hall–Kier alpha value is -2.38. The third-order valence-electron chi connectivity index (χ3n) is 7.22. The second-order valence-electron chi connectivity index (χ2n) is 10.1. The molecule has 2 heterocycles. The van der Waals surface area contributed by atoms with Crippen molar-refractivity contribution >= 4 is 16.8 Å². The van der Waals surface area contributed by atoms with Gasteiger partial charge >= 0.3 is 0 Å². The van der Waals surface area contributed by atoms with Crippen LogP contribution in [0, 0.1) is 5.92 Å². The number of amides is 1. The molecule has 2 fully saturated rings. The summed E-state index contributed by atoms with van der Waals surface area (Å²) in [5, 5.41) is 4.25. The van der Waals surface area contributed by atoms with Crippen LogP contribution in [-0.4, -0.2) is 67.9 Å². The van der Waals surface area contributed by atoms with Crippen molar-refractivity contribution in [3.63, 3.8) is 0 Å². The second kappa shape index (κ2) is 12.5. The Labute approximate surface area is 209 Å². The van der Waals surface area contributed by atoms with Crippen LogP contribution in [0.3, 0.4) is 0 Å². The number of hydrogen-bond acceptors (Lipinski definition) is 6. The average molecular weight is 484 g/mol. The summed E-state index contributed by atoms with van der Waals surface area (Å²) in [5.41, 5.74) is 1.10. The first-order valence-electron chi connectivity index (χ1n) is 13.3. The van der Waals surface area contributed by atoms with E-state index < -0.39 is 0 Å². The molecule has 7 heteroatoms. The van der Waals surface area contributed by atoms with Gasteiger partial charge in [0.1, 0.15) is 29.3 Å². The van der Waals surface area contributed by atoms with Gasteiger partial charge < -0.3 is 24.4 Å². The number of methoxy groups -OCH3 is 1. The van der Waals surface area contributed by atoms with Gasteiger partial charge in [-0.1, -0.05) is 25.3 Å². The molecule has 1 saturated heterocycles. The van der Waals surface area contributed by atoms with Crippen LogP contribution >= 0.6 is 0 Å². The minimum Gasteiger partial charge on any atom is -0.491 e. The van der Waals surface area contributed by atoms with Crippen LogP contribution in [0.25, 0.3) is 10.9 Å². The van der Waals surface area contributed by atoms with Crippen molar-refractivity contribution in [2.45, 2.75) is 70.9 Å². The van der Waals surface area contributed by atoms with Gasteiger partial charge in [0.25, 0.3) is 5.91 Å². The van der Waals surface area contributed by atoms with E-state index in [1.54, 1.807) is 13.2 Å². The van der Waals surface area contributed by atoms with E-state index in [-0.39, 0.29) is 18.0 Å². The van der Waals surface area contributed by atoms with Gasteiger partial charge in [0.2, 0.25) is 0 Å². The van der Waals surface area contributed by atoms with Crippen molar-refractivity contribution in [3.05, 3.63) is 30.0 Å². The lowest BCUT2D eigenvalue weighted by molar-refractivity contribution is 0.0559. The quantitative estimate of drug-likeness (QED) is 0.489. The van der Waals surface area contributed by atoms with Crippen LogP contribution in [0.2, 0.25) is 0 Å². The maximum atomic E-state index is 13.8. The van der Waals surface area contributed by atoms with E-state index in [0.717, 1.165) is 37.1 Å². The van der Waals surface area contributed by atoms with E-state index in [4.69, 9.17) is 19.2 Å². The molecule has 1 aliphatic heterocycles. The zero-order valence-electron chi connectivity index (χ0n) is 21.6. The topological polar surface area (TPSA) is 72.9 Å². The fourth-order valence-electron chi connectivity index (χ4n) is 5.37. The maximum absolute atomic E-state index is 13.8. The fourth-order valence-corrected chi connectivity index (χ4v) is 5.37. The molecule has 2 aromatic rings. The first-order chi connectivity index (χ1) is 17.1. The van der Waals surface area contributed by atoms with Crippen LogP contribution in [0.5, 0.6) is 11.5 Å². The summed E-state index contributed by atoms with van der Waals surface area (Å²) in [6.07, 6.45) is 8.21. The highest BCUT2D eigenvalue weighted by molar-refractivity contribution is 5.98. The summed E-state index contributed by atoms with van der Waals surface area (Å²) in [4.78, 5) is 20.7. The van der Waals surface area contributed by atoms with E-state index in [1.807, 2.05) is 23.1 Å². The first kappa shape index (κ1) is 25.7.